The molecule has 0 spiro atoms. The van der Waals surface area contributed by atoms with Gasteiger partial charge in [-0.2, -0.15) is 0 Å². The summed E-state index contributed by atoms with van der Waals surface area (Å²) in [5.74, 6) is 0.296. The molecular formula is C17H19NO. The molecule has 0 bridgehead atoms. The predicted octanol–water partition coefficient (Wildman–Crippen LogP) is 4.13. The van der Waals surface area contributed by atoms with Crippen LogP contribution in [0.2, 0.25) is 0 Å². The van der Waals surface area contributed by atoms with Crippen molar-refractivity contribution < 1.29 is 4.79 Å². The van der Waals surface area contributed by atoms with Gasteiger partial charge in [0.1, 0.15) is 0 Å². The van der Waals surface area contributed by atoms with Crippen LogP contribution in [0.4, 0.5) is 0 Å². The monoisotopic (exact) mass is 253 g/mol. The van der Waals surface area contributed by atoms with Crippen LogP contribution in [-0.2, 0) is 6.42 Å². The van der Waals surface area contributed by atoms with Crippen LogP contribution in [0, 0.1) is 20.8 Å². The molecule has 1 aromatic carbocycles. The van der Waals surface area contributed by atoms with E-state index in [0.29, 0.717) is 12.2 Å². The number of H-pyrrole nitrogens is 1. The van der Waals surface area contributed by atoms with Crippen molar-refractivity contribution in [1.29, 1.82) is 0 Å². The summed E-state index contributed by atoms with van der Waals surface area (Å²) in [5.41, 5.74) is 8.12. The molecule has 0 unspecified atom stereocenters. The standard InChI is InChI=1S/C17H19NO/c1-10-7-8-13(9-11(10)2)17-14-5-4-6-15(19)16(14)12(3)18-17/h7-9,18H,4-6H2,1-3H3. The van der Waals surface area contributed by atoms with E-state index in [1.165, 1.54) is 22.3 Å². The highest BCUT2D eigenvalue weighted by Gasteiger charge is 2.24. The maximum Gasteiger partial charge on any atom is 0.164 e. The summed E-state index contributed by atoms with van der Waals surface area (Å²) in [6.07, 6.45) is 2.67. The van der Waals surface area contributed by atoms with Crippen molar-refractivity contribution in [1.82, 2.24) is 4.98 Å². The van der Waals surface area contributed by atoms with E-state index in [2.05, 4.69) is 37.0 Å². The number of hydrogen-bond acceptors (Lipinski definition) is 1. The first-order valence-electron chi connectivity index (χ1n) is 6.90. The third-order valence-corrected chi connectivity index (χ3v) is 4.20. The van der Waals surface area contributed by atoms with Gasteiger partial charge < -0.3 is 4.98 Å². The third-order valence-electron chi connectivity index (χ3n) is 4.20. The van der Waals surface area contributed by atoms with Crippen molar-refractivity contribution in [3.05, 3.63) is 46.1 Å². The molecule has 1 heterocycles. The lowest BCUT2D eigenvalue weighted by Crippen LogP contribution is -2.09. The van der Waals surface area contributed by atoms with Crippen molar-refractivity contribution >= 4 is 5.78 Å². The summed E-state index contributed by atoms with van der Waals surface area (Å²) in [6.45, 7) is 6.26. The number of benzene rings is 1. The Kier molecular flexibility index (Phi) is 2.81. The maximum atomic E-state index is 12.1. The third kappa shape index (κ3) is 1.92. The Morgan fingerprint density at radius 2 is 1.84 bits per heavy atom. The van der Waals surface area contributed by atoms with Gasteiger partial charge in [-0.25, -0.2) is 0 Å². The Bertz CT molecular complexity index is 664. The van der Waals surface area contributed by atoms with Crippen LogP contribution in [0.3, 0.4) is 0 Å². The maximum absolute atomic E-state index is 12.1. The van der Waals surface area contributed by atoms with Crippen LogP contribution >= 0.6 is 0 Å². The highest BCUT2D eigenvalue weighted by Crippen LogP contribution is 2.34. The molecule has 98 valence electrons. The van der Waals surface area contributed by atoms with Gasteiger partial charge in [-0.05, 0) is 61.9 Å². The molecule has 0 amide bonds. The second-order valence-electron chi connectivity index (χ2n) is 5.55. The molecule has 0 fully saturated rings. The molecule has 19 heavy (non-hydrogen) atoms. The van der Waals surface area contributed by atoms with Gasteiger partial charge in [0.15, 0.2) is 5.78 Å². The van der Waals surface area contributed by atoms with Crippen LogP contribution in [0.1, 0.15) is 45.6 Å². The Morgan fingerprint density at radius 1 is 1.05 bits per heavy atom. The SMILES string of the molecule is Cc1ccc(-c2[nH]c(C)c3c2CCCC3=O)cc1C. The molecule has 0 saturated carbocycles. The fourth-order valence-electron chi connectivity index (χ4n) is 3.00. The van der Waals surface area contributed by atoms with E-state index in [4.69, 9.17) is 0 Å². The average molecular weight is 253 g/mol. The zero-order valence-electron chi connectivity index (χ0n) is 11.8. The summed E-state index contributed by atoms with van der Waals surface area (Å²) in [6, 6.07) is 6.50. The first kappa shape index (κ1) is 12.2. The number of aryl methyl sites for hydroxylation is 3. The van der Waals surface area contributed by atoms with Crippen LogP contribution in [-0.4, -0.2) is 10.8 Å². The van der Waals surface area contributed by atoms with Gasteiger partial charge >= 0.3 is 0 Å². The number of fused-ring (bicyclic) bond motifs is 1. The number of Topliss-reactive ketones (excluding diaryl/α,β-unsaturated/α-hetero) is 1. The van der Waals surface area contributed by atoms with Crippen molar-refractivity contribution in [2.45, 2.75) is 40.0 Å². The zero-order valence-corrected chi connectivity index (χ0v) is 11.8. The van der Waals surface area contributed by atoms with E-state index in [-0.39, 0.29) is 0 Å². The summed E-state index contributed by atoms with van der Waals surface area (Å²) >= 11 is 0. The second kappa shape index (κ2) is 4.37. The van der Waals surface area contributed by atoms with E-state index >= 15 is 0 Å². The first-order chi connectivity index (χ1) is 9.08. The lowest BCUT2D eigenvalue weighted by molar-refractivity contribution is 0.0972. The minimum Gasteiger partial charge on any atom is -0.358 e. The van der Waals surface area contributed by atoms with Gasteiger partial charge in [-0.1, -0.05) is 12.1 Å². The smallest absolute Gasteiger partial charge is 0.164 e. The van der Waals surface area contributed by atoms with Crippen LogP contribution in [0.25, 0.3) is 11.3 Å². The van der Waals surface area contributed by atoms with E-state index < -0.39 is 0 Å². The summed E-state index contributed by atoms with van der Waals surface area (Å²) < 4.78 is 0. The van der Waals surface area contributed by atoms with Gasteiger partial charge in [0.05, 0.1) is 0 Å². The molecule has 3 rings (SSSR count). The quantitative estimate of drug-likeness (QED) is 0.814. The summed E-state index contributed by atoms with van der Waals surface area (Å²) in [4.78, 5) is 15.5. The Labute approximate surface area is 113 Å². The number of ketones is 1. The number of carbonyl (C=O) groups excluding carboxylic acids is 1. The topological polar surface area (TPSA) is 32.9 Å². The van der Waals surface area contributed by atoms with E-state index in [0.717, 1.165) is 29.8 Å². The van der Waals surface area contributed by atoms with Gasteiger partial charge in [0.2, 0.25) is 0 Å². The fraction of sp³-hybridized carbons (Fsp3) is 0.353. The lowest BCUT2D eigenvalue weighted by atomic mass is 9.89. The normalized spacial score (nSPS) is 14.6. The minimum atomic E-state index is 0.296. The number of aromatic nitrogens is 1. The molecule has 1 aliphatic carbocycles. The van der Waals surface area contributed by atoms with E-state index in [9.17, 15) is 4.79 Å². The van der Waals surface area contributed by atoms with Crippen molar-refractivity contribution in [2.24, 2.45) is 0 Å². The molecule has 1 aromatic heterocycles. The van der Waals surface area contributed by atoms with E-state index in [1.54, 1.807) is 0 Å². The summed E-state index contributed by atoms with van der Waals surface area (Å²) in [7, 11) is 0. The second-order valence-corrected chi connectivity index (χ2v) is 5.55. The van der Waals surface area contributed by atoms with Crippen LogP contribution < -0.4 is 0 Å². The molecule has 0 radical (unpaired) electrons. The van der Waals surface area contributed by atoms with Crippen LogP contribution in [0.15, 0.2) is 18.2 Å². The molecule has 1 aliphatic rings. The molecule has 0 saturated heterocycles. The number of rotatable bonds is 1. The minimum absolute atomic E-state index is 0.296. The average Bonchev–Trinajstić information content (AvgIpc) is 2.72. The largest absolute Gasteiger partial charge is 0.358 e. The highest BCUT2D eigenvalue weighted by atomic mass is 16.1. The molecule has 0 atom stereocenters. The van der Waals surface area contributed by atoms with Gasteiger partial charge in [0, 0.05) is 23.4 Å². The van der Waals surface area contributed by atoms with Gasteiger partial charge in [-0.3, -0.25) is 4.79 Å². The molecular weight excluding hydrogens is 234 g/mol. The molecule has 0 aliphatic heterocycles. The number of aromatic amines is 1. The van der Waals surface area contributed by atoms with Gasteiger partial charge in [0.25, 0.3) is 0 Å². The molecule has 1 N–H and O–H groups in total. The molecule has 2 aromatic rings. The lowest BCUT2D eigenvalue weighted by Gasteiger charge is -2.13. The van der Waals surface area contributed by atoms with Crippen molar-refractivity contribution in [3.8, 4) is 11.3 Å². The highest BCUT2D eigenvalue weighted by molar-refractivity contribution is 6.01. The van der Waals surface area contributed by atoms with Crippen molar-refractivity contribution in [3.63, 3.8) is 0 Å². The van der Waals surface area contributed by atoms with Crippen molar-refractivity contribution in [2.75, 3.05) is 0 Å². The van der Waals surface area contributed by atoms with E-state index in [1.807, 2.05) is 6.92 Å². The molecule has 2 nitrogen and oxygen atoms in total. The number of hydrogen-bond donors (Lipinski definition) is 1. The Balaban J connectivity index is 2.18. The molecule has 2 heteroatoms. The summed E-state index contributed by atoms with van der Waals surface area (Å²) in [5, 5.41) is 0. The Morgan fingerprint density at radius 3 is 2.58 bits per heavy atom. The van der Waals surface area contributed by atoms with Gasteiger partial charge in [-0.15, -0.1) is 0 Å². The first-order valence-corrected chi connectivity index (χ1v) is 6.90. The number of carbonyl (C=O) groups is 1. The zero-order chi connectivity index (χ0) is 13.6. The fourth-order valence-corrected chi connectivity index (χ4v) is 3.00. The Hall–Kier alpha value is -1.83. The number of nitrogens with one attached hydrogen (secondary N) is 1. The van der Waals surface area contributed by atoms with Crippen LogP contribution in [0.5, 0.6) is 0 Å². The predicted molar refractivity (Wildman–Crippen MR) is 77.7 cm³/mol.